The fraction of sp³-hybridized carbons (Fsp3) is 0.278. The Morgan fingerprint density at radius 3 is 2.40 bits per heavy atom. The van der Waals surface area contributed by atoms with Crippen molar-refractivity contribution in [3.63, 3.8) is 0 Å². The predicted octanol–water partition coefficient (Wildman–Crippen LogP) is 4.29. The number of halogens is 2. The maximum absolute atomic E-state index is 12.6. The number of benzene rings is 2. The highest BCUT2D eigenvalue weighted by Gasteiger charge is 2.17. The van der Waals surface area contributed by atoms with Crippen LogP contribution in [-0.4, -0.2) is 37.8 Å². The third kappa shape index (κ3) is 5.09. The molecule has 0 bridgehead atoms. The van der Waals surface area contributed by atoms with Gasteiger partial charge in [-0.1, -0.05) is 12.1 Å². The van der Waals surface area contributed by atoms with Crippen molar-refractivity contribution in [2.24, 2.45) is 0 Å². The highest BCUT2D eigenvalue weighted by atomic mass is 32.2. The summed E-state index contributed by atoms with van der Waals surface area (Å²) in [4.78, 5) is 15.3. The molecule has 1 amide bonds. The Morgan fingerprint density at radius 1 is 1.16 bits per heavy atom. The van der Waals surface area contributed by atoms with Crippen molar-refractivity contribution in [3.8, 4) is 11.5 Å². The number of ether oxygens (including phenoxy) is 2. The summed E-state index contributed by atoms with van der Waals surface area (Å²) in [5.41, 5.74) is 1.33. The molecule has 25 heavy (non-hydrogen) atoms. The van der Waals surface area contributed by atoms with Crippen LogP contribution in [0.3, 0.4) is 0 Å². The van der Waals surface area contributed by atoms with Crippen molar-refractivity contribution in [2.75, 3.05) is 20.4 Å². The van der Waals surface area contributed by atoms with Crippen LogP contribution < -0.4 is 9.47 Å². The number of hydrogen-bond acceptors (Lipinski definition) is 4. The van der Waals surface area contributed by atoms with Crippen molar-refractivity contribution in [1.29, 1.82) is 0 Å². The van der Waals surface area contributed by atoms with E-state index in [2.05, 4.69) is 4.74 Å². The van der Waals surface area contributed by atoms with Crippen LogP contribution in [0.4, 0.5) is 8.78 Å². The minimum Gasteiger partial charge on any atom is -0.493 e. The molecule has 0 saturated carbocycles. The molecule has 134 valence electrons. The molecule has 0 atom stereocenters. The third-order valence-corrected chi connectivity index (χ3v) is 4.30. The minimum atomic E-state index is -2.96. The molecule has 0 aliphatic heterocycles. The van der Waals surface area contributed by atoms with Gasteiger partial charge in [-0.05, 0) is 42.2 Å². The van der Waals surface area contributed by atoms with Gasteiger partial charge >= 0.3 is 6.61 Å². The van der Waals surface area contributed by atoms with E-state index >= 15 is 0 Å². The predicted molar refractivity (Wildman–Crippen MR) is 93.6 cm³/mol. The molecule has 0 saturated heterocycles. The Morgan fingerprint density at radius 2 is 1.84 bits per heavy atom. The first-order chi connectivity index (χ1) is 11.9. The number of alkyl halides is 2. The molecule has 2 rings (SSSR count). The summed E-state index contributed by atoms with van der Waals surface area (Å²) in [5, 5.41) is 0. The molecule has 4 nitrogen and oxygen atoms in total. The van der Waals surface area contributed by atoms with Crippen molar-refractivity contribution >= 4 is 17.7 Å². The standard InChI is InChI=1S/C18H19F2NO3S/c1-21(11-12-4-7-14(25-3)8-5-12)17(22)13-6-9-15(24-18(19)20)16(10-13)23-2/h4-10,18H,11H2,1-3H3. The second-order valence-corrected chi connectivity index (χ2v) is 6.13. The van der Waals surface area contributed by atoms with Gasteiger partial charge in [0.25, 0.3) is 5.91 Å². The summed E-state index contributed by atoms with van der Waals surface area (Å²) in [6.45, 7) is -2.52. The topological polar surface area (TPSA) is 38.8 Å². The highest BCUT2D eigenvalue weighted by Crippen LogP contribution is 2.30. The number of carbonyl (C=O) groups excluding carboxylic acids is 1. The average Bonchev–Trinajstić information content (AvgIpc) is 2.61. The lowest BCUT2D eigenvalue weighted by Gasteiger charge is -2.18. The van der Waals surface area contributed by atoms with E-state index in [-0.39, 0.29) is 17.4 Å². The van der Waals surface area contributed by atoms with Crippen molar-refractivity contribution in [2.45, 2.75) is 18.1 Å². The first-order valence-corrected chi connectivity index (χ1v) is 8.68. The molecule has 0 aliphatic rings. The van der Waals surface area contributed by atoms with Crippen LogP contribution >= 0.6 is 11.8 Å². The van der Waals surface area contributed by atoms with Gasteiger partial charge in [0, 0.05) is 24.1 Å². The summed E-state index contributed by atoms with van der Waals surface area (Å²) in [6.07, 6.45) is 2.00. The number of rotatable bonds is 7. The third-order valence-electron chi connectivity index (χ3n) is 3.55. The van der Waals surface area contributed by atoms with Crippen LogP contribution in [0, 0.1) is 0 Å². The molecule has 0 N–H and O–H groups in total. The second-order valence-electron chi connectivity index (χ2n) is 5.25. The SMILES string of the molecule is COc1cc(C(=O)N(C)Cc2ccc(SC)cc2)ccc1OC(F)F. The zero-order chi connectivity index (χ0) is 18.4. The van der Waals surface area contributed by atoms with Gasteiger partial charge in [-0.15, -0.1) is 11.8 Å². The zero-order valence-corrected chi connectivity index (χ0v) is 15.0. The van der Waals surface area contributed by atoms with Gasteiger partial charge in [0.05, 0.1) is 7.11 Å². The van der Waals surface area contributed by atoms with Gasteiger partial charge in [0.2, 0.25) is 0 Å². The van der Waals surface area contributed by atoms with Crippen molar-refractivity contribution in [3.05, 3.63) is 53.6 Å². The van der Waals surface area contributed by atoms with Gasteiger partial charge in [0.15, 0.2) is 11.5 Å². The van der Waals surface area contributed by atoms with Gasteiger partial charge in [-0.2, -0.15) is 8.78 Å². The van der Waals surface area contributed by atoms with E-state index in [0.717, 1.165) is 10.5 Å². The fourth-order valence-electron chi connectivity index (χ4n) is 2.29. The number of nitrogens with zero attached hydrogens (tertiary/aromatic N) is 1. The van der Waals surface area contributed by atoms with Gasteiger partial charge in [-0.25, -0.2) is 0 Å². The van der Waals surface area contributed by atoms with E-state index in [1.54, 1.807) is 23.7 Å². The zero-order valence-electron chi connectivity index (χ0n) is 14.2. The Bertz CT molecular complexity index is 723. The van der Waals surface area contributed by atoms with E-state index in [0.29, 0.717) is 12.1 Å². The molecule has 0 radical (unpaired) electrons. The van der Waals surface area contributed by atoms with Crippen molar-refractivity contribution in [1.82, 2.24) is 4.90 Å². The molecule has 0 fully saturated rings. The highest BCUT2D eigenvalue weighted by molar-refractivity contribution is 7.98. The lowest BCUT2D eigenvalue weighted by Crippen LogP contribution is -2.26. The Kier molecular flexibility index (Phi) is 6.64. The molecular formula is C18H19F2NO3S. The van der Waals surface area contributed by atoms with E-state index < -0.39 is 6.61 Å². The van der Waals surface area contributed by atoms with E-state index in [1.807, 2.05) is 30.5 Å². The summed E-state index contributed by atoms with van der Waals surface area (Å²) < 4.78 is 34.1. The monoisotopic (exact) mass is 367 g/mol. The summed E-state index contributed by atoms with van der Waals surface area (Å²) in [7, 11) is 3.01. The molecular weight excluding hydrogens is 348 g/mol. The van der Waals surface area contributed by atoms with Gasteiger partial charge < -0.3 is 14.4 Å². The second kappa shape index (κ2) is 8.71. The summed E-state index contributed by atoms with van der Waals surface area (Å²) in [5.74, 6) is -0.260. The van der Waals surface area contributed by atoms with Crippen LogP contribution in [0.25, 0.3) is 0 Å². The smallest absolute Gasteiger partial charge is 0.387 e. The summed E-state index contributed by atoms with van der Waals surface area (Å²) in [6, 6.07) is 12.1. The largest absolute Gasteiger partial charge is 0.493 e. The van der Waals surface area contributed by atoms with Gasteiger partial charge in [0.1, 0.15) is 0 Å². The molecule has 0 aliphatic carbocycles. The first kappa shape index (κ1) is 19.1. The Hall–Kier alpha value is -2.28. The average molecular weight is 367 g/mol. The molecule has 0 unspecified atom stereocenters. The number of methoxy groups -OCH3 is 1. The van der Waals surface area contributed by atoms with Crippen LogP contribution in [-0.2, 0) is 6.54 Å². The maximum Gasteiger partial charge on any atom is 0.387 e. The number of amides is 1. The number of thioether (sulfide) groups is 1. The summed E-state index contributed by atoms with van der Waals surface area (Å²) >= 11 is 1.65. The molecule has 7 heteroatoms. The quantitative estimate of drug-likeness (QED) is 0.685. The van der Waals surface area contributed by atoms with Crippen LogP contribution in [0.15, 0.2) is 47.4 Å². The van der Waals surface area contributed by atoms with E-state index in [4.69, 9.17) is 4.74 Å². The van der Waals surface area contributed by atoms with E-state index in [9.17, 15) is 13.6 Å². The van der Waals surface area contributed by atoms with Gasteiger partial charge in [-0.3, -0.25) is 4.79 Å². The normalized spacial score (nSPS) is 10.6. The fourth-order valence-corrected chi connectivity index (χ4v) is 2.70. The first-order valence-electron chi connectivity index (χ1n) is 7.46. The molecule has 2 aromatic rings. The number of hydrogen-bond donors (Lipinski definition) is 0. The Labute approximate surface area is 149 Å². The van der Waals surface area contributed by atoms with Crippen molar-refractivity contribution < 1.29 is 23.0 Å². The van der Waals surface area contributed by atoms with Crippen LogP contribution in [0.2, 0.25) is 0 Å². The minimum absolute atomic E-state index is 0.0869. The lowest BCUT2D eigenvalue weighted by molar-refractivity contribution is -0.0512. The van der Waals surface area contributed by atoms with Crippen LogP contribution in [0.5, 0.6) is 11.5 Å². The van der Waals surface area contributed by atoms with Crippen LogP contribution in [0.1, 0.15) is 15.9 Å². The lowest BCUT2D eigenvalue weighted by atomic mass is 10.1. The maximum atomic E-state index is 12.6. The number of carbonyl (C=O) groups is 1. The molecule has 0 heterocycles. The van der Waals surface area contributed by atoms with E-state index in [1.165, 1.54) is 25.3 Å². The molecule has 0 spiro atoms. The molecule has 0 aromatic heterocycles. The Balaban J connectivity index is 2.12. The molecule has 2 aromatic carbocycles.